The standard InChI is InChI=1S/C15H24N4O4/c1-6-15(7-2)12(9(3)13(15)23-5)17-14(20)11-10(19(21)22)8-16-18(11)4/h8-9,12-13H,6-7H2,1-5H3,(H,17,20)/t9-,12-,13-/m1/s1. The van der Waals surface area contributed by atoms with Crippen LogP contribution in [0.4, 0.5) is 5.69 Å². The van der Waals surface area contributed by atoms with Crippen LogP contribution in [0.5, 0.6) is 0 Å². The van der Waals surface area contributed by atoms with Gasteiger partial charge in [0, 0.05) is 31.5 Å². The Bertz CT molecular complexity index is 609. The number of carbonyl (C=O) groups excluding carboxylic acids is 1. The molecule has 1 aliphatic carbocycles. The molecule has 128 valence electrons. The maximum atomic E-state index is 12.6. The largest absolute Gasteiger partial charge is 0.380 e. The van der Waals surface area contributed by atoms with Gasteiger partial charge in [0.25, 0.3) is 5.91 Å². The molecule has 8 nitrogen and oxygen atoms in total. The fourth-order valence-electron chi connectivity index (χ4n) is 4.13. The van der Waals surface area contributed by atoms with Gasteiger partial charge >= 0.3 is 5.69 Å². The van der Waals surface area contributed by atoms with Crippen molar-refractivity contribution in [1.82, 2.24) is 15.1 Å². The Kier molecular flexibility index (Phi) is 4.74. The van der Waals surface area contributed by atoms with E-state index in [0.29, 0.717) is 0 Å². The maximum Gasteiger partial charge on any atom is 0.320 e. The van der Waals surface area contributed by atoms with E-state index in [9.17, 15) is 14.9 Å². The molecule has 1 fully saturated rings. The first-order chi connectivity index (χ1) is 10.8. The van der Waals surface area contributed by atoms with Crippen molar-refractivity contribution >= 4 is 11.6 Å². The molecule has 2 rings (SSSR count). The number of hydrogen-bond acceptors (Lipinski definition) is 5. The van der Waals surface area contributed by atoms with Crippen LogP contribution < -0.4 is 5.32 Å². The summed E-state index contributed by atoms with van der Waals surface area (Å²) in [7, 11) is 3.21. The van der Waals surface area contributed by atoms with Crippen LogP contribution in [0, 0.1) is 21.4 Å². The van der Waals surface area contributed by atoms with Crippen molar-refractivity contribution in [3.63, 3.8) is 0 Å². The normalized spacial score (nSPS) is 25.7. The summed E-state index contributed by atoms with van der Waals surface area (Å²) in [5.74, 6) is -0.314. The fourth-order valence-corrected chi connectivity index (χ4v) is 4.13. The van der Waals surface area contributed by atoms with E-state index in [1.165, 1.54) is 11.7 Å². The highest BCUT2D eigenvalue weighted by molar-refractivity contribution is 5.96. The van der Waals surface area contributed by atoms with Gasteiger partial charge < -0.3 is 10.1 Å². The molecule has 0 unspecified atom stereocenters. The van der Waals surface area contributed by atoms with Crippen molar-refractivity contribution in [3.8, 4) is 0 Å². The van der Waals surface area contributed by atoms with Crippen LogP contribution in [-0.4, -0.2) is 39.9 Å². The number of hydrogen-bond donors (Lipinski definition) is 1. The summed E-state index contributed by atoms with van der Waals surface area (Å²) in [6, 6.07) is -0.0792. The number of carbonyl (C=O) groups is 1. The molecule has 0 bridgehead atoms. The zero-order valence-electron chi connectivity index (χ0n) is 14.2. The summed E-state index contributed by atoms with van der Waals surface area (Å²) in [5.41, 5.74) is -0.444. The Balaban J connectivity index is 2.27. The predicted molar refractivity (Wildman–Crippen MR) is 84.1 cm³/mol. The van der Waals surface area contributed by atoms with E-state index in [2.05, 4.69) is 24.3 Å². The molecule has 1 heterocycles. The molecule has 23 heavy (non-hydrogen) atoms. The Labute approximate surface area is 135 Å². The number of methoxy groups -OCH3 is 1. The van der Waals surface area contributed by atoms with E-state index < -0.39 is 10.8 Å². The fraction of sp³-hybridized carbons (Fsp3) is 0.733. The molecule has 3 atom stereocenters. The first-order valence-electron chi connectivity index (χ1n) is 7.84. The molecule has 0 aliphatic heterocycles. The number of nitrogens with zero attached hydrogens (tertiary/aromatic N) is 3. The number of aromatic nitrogens is 2. The first kappa shape index (κ1) is 17.4. The molecule has 1 aromatic rings. The quantitative estimate of drug-likeness (QED) is 0.636. The summed E-state index contributed by atoms with van der Waals surface area (Å²) in [6.45, 7) is 6.18. The monoisotopic (exact) mass is 324 g/mol. The number of rotatable bonds is 6. The van der Waals surface area contributed by atoms with Crippen molar-refractivity contribution in [3.05, 3.63) is 22.0 Å². The average Bonchev–Trinajstić information content (AvgIpc) is 2.91. The minimum absolute atomic E-state index is 0.0239. The Hall–Kier alpha value is -1.96. The summed E-state index contributed by atoms with van der Waals surface area (Å²) in [5, 5.41) is 17.9. The van der Waals surface area contributed by atoms with Gasteiger partial charge in [-0.15, -0.1) is 0 Å². The van der Waals surface area contributed by atoms with Gasteiger partial charge in [-0.1, -0.05) is 20.8 Å². The van der Waals surface area contributed by atoms with Gasteiger partial charge in [0.2, 0.25) is 5.69 Å². The van der Waals surface area contributed by atoms with Gasteiger partial charge in [-0.3, -0.25) is 19.6 Å². The summed E-state index contributed by atoms with van der Waals surface area (Å²) >= 11 is 0. The predicted octanol–water partition coefficient (Wildman–Crippen LogP) is 1.90. The van der Waals surface area contributed by atoms with Crippen LogP contribution >= 0.6 is 0 Å². The Morgan fingerprint density at radius 3 is 2.61 bits per heavy atom. The van der Waals surface area contributed by atoms with Gasteiger partial charge in [0.1, 0.15) is 6.20 Å². The highest BCUT2D eigenvalue weighted by atomic mass is 16.6. The lowest BCUT2D eigenvalue weighted by Crippen LogP contribution is -2.70. The summed E-state index contributed by atoms with van der Waals surface area (Å²) in [6.07, 6.45) is 2.91. The second kappa shape index (κ2) is 6.27. The molecule has 1 aliphatic rings. The van der Waals surface area contributed by atoms with E-state index in [1.807, 2.05) is 6.92 Å². The molecule has 0 radical (unpaired) electrons. The van der Waals surface area contributed by atoms with Gasteiger partial charge in [0.05, 0.1) is 11.0 Å². The Morgan fingerprint density at radius 2 is 2.13 bits per heavy atom. The van der Waals surface area contributed by atoms with Crippen LogP contribution in [0.25, 0.3) is 0 Å². The number of nitro groups is 1. The lowest BCUT2D eigenvalue weighted by atomic mass is 9.53. The smallest absolute Gasteiger partial charge is 0.320 e. The van der Waals surface area contributed by atoms with Crippen molar-refractivity contribution in [2.24, 2.45) is 18.4 Å². The maximum absolute atomic E-state index is 12.6. The molecule has 1 aromatic heterocycles. The highest BCUT2D eigenvalue weighted by Crippen LogP contribution is 2.52. The second-order valence-electron chi connectivity index (χ2n) is 6.17. The van der Waals surface area contributed by atoms with Crippen molar-refractivity contribution < 1.29 is 14.5 Å². The summed E-state index contributed by atoms with van der Waals surface area (Å²) < 4.78 is 6.85. The third-order valence-corrected chi connectivity index (χ3v) is 5.38. The molecular formula is C15H24N4O4. The number of ether oxygens (including phenoxy) is 1. The van der Waals surface area contributed by atoms with Gasteiger partial charge in [-0.25, -0.2) is 0 Å². The zero-order chi connectivity index (χ0) is 17.4. The molecule has 8 heteroatoms. The van der Waals surface area contributed by atoms with E-state index in [1.54, 1.807) is 7.11 Å². The van der Waals surface area contributed by atoms with Crippen LogP contribution in [0.15, 0.2) is 6.20 Å². The molecule has 1 N–H and O–H groups in total. The lowest BCUT2D eigenvalue weighted by molar-refractivity contribution is -0.385. The van der Waals surface area contributed by atoms with Crippen molar-refractivity contribution in [2.75, 3.05) is 7.11 Å². The lowest BCUT2D eigenvalue weighted by Gasteiger charge is -2.59. The van der Waals surface area contributed by atoms with Gasteiger partial charge in [-0.05, 0) is 12.8 Å². The third-order valence-electron chi connectivity index (χ3n) is 5.38. The van der Waals surface area contributed by atoms with Crippen LogP contribution in [0.3, 0.4) is 0 Å². The highest BCUT2D eigenvalue weighted by Gasteiger charge is 2.59. The topological polar surface area (TPSA) is 99.3 Å². The van der Waals surface area contributed by atoms with Crippen LogP contribution in [-0.2, 0) is 11.8 Å². The average molecular weight is 324 g/mol. The van der Waals surface area contributed by atoms with E-state index in [-0.39, 0.29) is 34.9 Å². The zero-order valence-corrected chi connectivity index (χ0v) is 14.2. The Morgan fingerprint density at radius 1 is 1.52 bits per heavy atom. The number of amides is 1. The molecule has 0 aromatic carbocycles. The van der Waals surface area contributed by atoms with Gasteiger partial charge in [0.15, 0.2) is 0 Å². The second-order valence-corrected chi connectivity index (χ2v) is 6.17. The van der Waals surface area contributed by atoms with Crippen LogP contribution in [0.2, 0.25) is 0 Å². The van der Waals surface area contributed by atoms with Crippen LogP contribution in [0.1, 0.15) is 44.1 Å². The SMILES string of the molecule is CCC1(CC)[C@H](NC(=O)c2c([N+](=O)[O-])cnn2C)[C@@H](C)[C@H]1OC. The molecule has 0 saturated heterocycles. The van der Waals surface area contributed by atoms with E-state index in [4.69, 9.17) is 4.74 Å². The first-order valence-corrected chi connectivity index (χ1v) is 7.84. The van der Waals surface area contributed by atoms with Gasteiger partial charge in [-0.2, -0.15) is 5.10 Å². The minimum atomic E-state index is -0.586. The van der Waals surface area contributed by atoms with Crippen molar-refractivity contribution in [1.29, 1.82) is 0 Å². The molecule has 1 saturated carbocycles. The van der Waals surface area contributed by atoms with Crippen molar-refractivity contribution in [2.45, 2.75) is 45.8 Å². The number of nitrogens with one attached hydrogen (secondary N) is 1. The minimum Gasteiger partial charge on any atom is -0.380 e. The number of aryl methyl sites for hydroxylation is 1. The summed E-state index contributed by atoms with van der Waals surface area (Å²) in [4.78, 5) is 23.1. The van der Waals surface area contributed by atoms with E-state index >= 15 is 0 Å². The van der Waals surface area contributed by atoms with E-state index in [0.717, 1.165) is 19.0 Å². The molecule has 0 spiro atoms. The molecular weight excluding hydrogens is 300 g/mol. The third kappa shape index (κ3) is 2.50. The molecule has 1 amide bonds.